The fourth-order valence-corrected chi connectivity index (χ4v) is 7.58. The molecule has 2 aromatic carbocycles. The summed E-state index contributed by atoms with van der Waals surface area (Å²) >= 11 is 9.13. The van der Waals surface area contributed by atoms with Gasteiger partial charge in [0.2, 0.25) is 5.91 Å². The molecule has 0 radical (unpaired) electrons. The summed E-state index contributed by atoms with van der Waals surface area (Å²) in [5.41, 5.74) is 21.4. The summed E-state index contributed by atoms with van der Waals surface area (Å²) in [6.07, 6.45) is 2.02. The van der Waals surface area contributed by atoms with E-state index in [1.807, 2.05) is 29.6 Å². The van der Waals surface area contributed by atoms with Crippen LogP contribution in [-0.2, 0) is 20.1 Å². The summed E-state index contributed by atoms with van der Waals surface area (Å²) in [4.78, 5) is 33.8. The van der Waals surface area contributed by atoms with E-state index in [0.29, 0.717) is 44.6 Å². The van der Waals surface area contributed by atoms with E-state index in [9.17, 15) is 20.1 Å². The fraction of sp³-hybridized carbons (Fsp3) is 0.324. The second-order valence-electron chi connectivity index (χ2n) is 11.4. The molecule has 4 N–H and O–H groups in total. The van der Waals surface area contributed by atoms with Gasteiger partial charge in [0.15, 0.2) is 0 Å². The lowest BCUT2D eigenvalue weighted by molar-refractivity contribution is -0.144. The van der Waals surface area contributed by atoms with Gasteiger partial charge in [0.1, 0.15) is 59.4 Å². The first-order chi connectivity index (χ1) is 25.8. The van der Waals surface area contributed by atoms with Crippen molar-refractivity contribution < 1.29 is 19.1 Å². The zero-order valence-corrected chi connectivity index (χ0v) is 30.5. The molecule has 1 unspecified atom stereocenters. The van der Waals surface area contributed by atoms with Crippen LogP contribution in [0.5, 0.6) is 5.75 Å². The Bertz CT molecular complexity index is 1990. The minimum Gasteiger partial charge on any atom is -0.490 e. The molecule has 0 saturated carbocycles. The number of aromatic nitrogens is 1. The zero-order valence-electron chi connectivity index (χ0n) is 28.1. The van der Waals surface area contributed by atoms with E-state index < -0.39 is 29.8 Å². The maximum Gasteiger partial charge on any atom is 0.325 e. The van der Waals surface area contributed by atoms with Gasteiger partial charge in [-0.15, -0.1) is 23.1 Å². The average molecular weight is 773 g/mol. The van der Waals surface area contributed by atoms with Crippen molar-refractivity contribution in [2.24, 2.45) is 10.3 Å². The smallest absolute Gasteiger partial charge is 0.325 e. The minimum atomic E-state index is -1.11. The Morgan fingerprint density at radius 1 is 1.15 bits per heavy atom. The highest BCUT2D eigenvalue weighted by Crippen LogP contribution is 2.39. The molecule has 1 aromatic heterocycles. The van der Waals surface area contributed by atoms with Gasteiger partial charge in [-0.05, 0) is 48.2 Å². The van der Waals surface area contributed by atoms with E-state index in [1.54, 1.807) is 35.6 Å². The van der Waals surface area contributed by atoms with Crippen molar-refractivity contribution in [1.82, 2.24) is 25.9 Å². The number of nitriles is 2. The lowest BCUT2D eigenvalue weighted by atomic mass is 9.91. The average Bonchev–Trinajstić information content (AvgIpc) is 3.90. The predicted octanol–water partition coefficient (Wildman–Crippen LogP) is 5.69. The number of thioether (sulfide) groups is 1. The molecule has 3 heterocycles. The van der Waals surface area contributed by atoms with E-state index in [4.69, 9.17) is 37.1 Å². The van der Waals surface area contributed by atoms with Gasteiger partial charge in [0, 0.05) is 45.3 Å². The van der Waals surface area contributed by atoms with Gasteiger partial charge in [-0.25, -0.2) is 4.98 Å². The number of halogens is 1. The maximum absolute atomic E-state index is 12.1. The van der Waals surface area contributed by atoms with Crippen molar-refractivity contribution in [3.05, 3.63) is 97.6 Å². The quantitative estimate of drug-likeness (QED) is 0.0325. The van der Waals surface area contributed by atoms with Crippen LogP contribution in [0.3, 0.4) is 0 Å². The summed E-state index contributed by atoms with van der Waals surface area (Å²) < 4.78 is 10.9. The normalized spacial score (nSPS) is 15.7. The molecule has 16 nitrogen and oxygen atoms in total. The lowest BCUT2D eigenvalue weighted by Gasteiger charge is -2.33. The number of allylic oxidation sites excluding steroid dienone is 2. The molecule has 0 aliphatic carbocycles. The van der Waals surface area contributed by atoms with Gasteiger partial charge in [0.05, 0.1) is 23.9 Å². The third kappa shape index (κ3) is 10.2. The Morgan fingerprint density at radius 2 is 1.89 bits per heavy atom. The molecular formula is C34H33ClN12O4S2. The number of likely N-dealkylation sites (tertiary alicyclic amines) is 1. The number of carbonyl (C=O) groups excluding carboxylic acids is 2. The molecular weight excluding hydrogens is 740 g/mol. The zero-order chi connectivity index (χ0) is 37.6. The van der Waals surface area contributed by atoms with Crippen molar-refractivity contribution >= 4 is 52.1 Å². The standard InChI is InChI=1S/C34H33ClN12O4S2/c35-23-7-3-22(4-8-23)33-42-24(19-52-33)20-53-34-27(16-37)30(26(15-36)31(43-34)47-11-1-2-12-47)21-5-9-25(10-6-21)50-13-14-51-29(48)18-40-32(49)28(44-46-39)17-41-45-38/h3-10,19,28,34,43H,1-2,11-14,17-18,20H2,(H2,39,44)(H,40,49)/t28-,34?/m0/s1. The van der Waals surface area contributed by atoms with Gasteiger partial charge in [-0.3, -0.25) is 15.0 Å². The second kappa shape index (κ2) is 19.2. The number of dihydropyridines is 1. The van der Waals surface area contributed by atoms with E-state index in [0.717, 1.165) is 42.2 Å². The van der Waals surface area contributed by atoms with Crippen molar-refractivity contribution in [1.29, 1.82) is 16.1 Å². The summed E-state index contributed by atoms with van der Waals surface area (Å²) in [7, 11) is 0. The molecule has 0 spiro atoms. The Kier molecular flexibility index (Phi) is 13.9. The summed E-state index contributed by atoms with van der Waals surface area (Å²) in [5, 5.41) is 36.0. The fourth-order valence-electron chi connectivity index (χ4n) is 5.50. The van der Waals surface area contributed by atoms with Gasteiger partial charge < -0.3 is 25.0 Å². The highest BCUT2D eigenvalue weighted by molar-refractivity contribution is 7.99. The van der Waals surface area contributed by atoms with Crippen molar-refractivity contribution in [3.63, 3.8) is 0 Å². The van der Waals surface area contributed by atoms with E-state index in [-0.39, 0.29) is 19.8 Å². The number of nitrogens with zero attached hydrogens (tertiary/aromatic N) is 8. The summed E-state index contributed by atoms with van der Waals surface area (Å²) in [6.45, 7) is 0.771. The maximum atomic E-state index is 12.1. The Morgan fingerprint density at radius 3 is 2.57 bits per heavy atom. The number of hydrogen-bond acceptors (Lipinski definition) is 14. The number of ether oxygens (including phenoxy) is 2. The topological polar surface area (TPSA) is 237 Å². The molecule has 0 bridgehead atoms. The van der Waals surface area contributed by atoms with Crippen LogP contribution >= 0.6 is 34.7 Å². The van der Waals surface area contributed by atoms with Crippen LogP contribution in [-0.4, -0.2) is 72.6 Å². The van der Waals surface area contributed by atoms with Gasteiger partial charge >= 0.3 is 5.97 Å². The van der Waals surface area contributed by atoms with Gasteiger partial charge in [-0.2, -0.15) is 16.1 Å². The number of carbonyl (C=O) groups is 2. The molecule has 2 aliphatic heterocycles. The minimum absolute atomic E-state index is 0.0193. The van der Waals surface area contributed by atoms with Crippen molar-refractivity contribution in [2.75, 3.05) is 39.4 Å². The SMILES string of the molecule is N#CC1=C(N2CCCC2)NC(SCc2csc(-c3ccc(Cl)cc3)n2)C(C#N)=C1c1ccc(OCCOC(=O)CNC(=O)[C@H](CN=[N+]=[N-])NN=N)cc1. The van der Waals surface area contributed by atoms with Crippen LogP contribution in [0, 0.1) is 28.2 Å². The lowest BCUT2D eigenvalue weighted by Crippen LogP contribution is -2.45. The highest BCUT2D eigenvalue weighted by Gasteiger charge is 2.34. The summed E-state index contributed by atoms with van der Waals surface area (Å²) in [6, 6.07) is 18.2. The number of azide groups is 1. The van der Waals surface area contributed by atoms with Gasteiger partial charge in [0.25, 0.3) is 0 Å². The third-order valence-corrected chi connectivity index (χ3v) is 10.4. The molecule has 2 aliphatic rings. The van der Waals surface area contributed by atoms with Crippen LogP contribution in [0.1, 0.15) is 24.1 Å². The first-order valence-electron chi connectivity index (χ1n) is 16.3. The number of amides is 1. The van der Waals surface area contributed by atoms with E-state index in [1.165, 1.54) is 11.8 Å². The number of nitrogens with one attached hydrogen (secondary N) is 4. The van der Waals surface area contributed by atoms with Crippen LogP contribution < -0.4 is 20.8 Å². The molecule has 19 heteroatoms. The number of rotatable bonds is 17. The molecule has 1 amide bonds. The number of thiazole rings is 1. The highest BCUT2D eigenvalue weighted by atomic mass is 35.5. The largest absolute Gasteiger partial charge is 0.490 e. The van der Waals surface area contributed by atoms with Crippen molar-refractivity contribution in [3.8, 4) is 28.5 Å². The van der Waals surface area contributed by atoms with E-state index >= 15 is 0 Å². The Balaban J connectivity index is 1.23. The Hall–Kier alpha value is -5.78. The second-order valence-corrected chi connectivity index (χ2v) is 13.8. The van der Waals surface area contributed by atoms with Gasteiger partial charge in [-0.1, -0.05) is 46.2 Å². The number of benzene rings is 2. The van der Waals surface area contributed by atoms with Crippen LogP contribution in [0.15, 0.2) is 81.2 Å². The number of hydrogen-bond donors (Lipinski definition) is 4. The molecule has 272 valence electrons. The van der Waals surface area contributed by atoms with Crippen LogP contribution in [0.25, 0.3) is 26.6 Å². The van der Waals surface area contributed by atoms with Crippen LogP contribution in [0.2, 0.25) is 5.02 Å². The molecule has 2 atom stereocenters. The Labute approximate surface area is 317 Å². The molecule has 1 fully saturated rings. The van der Waals surface area contributed by atoms with Crippen molar-refractivity contribution in [2.45, 2.75) is 30.0 Å². The molecule has 3 aromatic rings. The first-order valence-corrected chi connectivity index (χ1v) is 18.6. The first kappa shape index (κ1) is 38.5. The summed E-state index contributed by atoms with van der Waals surface area (Å²) in [5.74, 6) is 0.309. The molecule has 5 rings (SSSR count). The number of esters is 1. The van der Waals surface area contributed by atoms with E-state index in [2.05, 4.69) is 48.3 Å². The third-order valence-electron chi connectivity index (χ3n) is 8.01. The molecule has 53 heavy (non-hydrogen) atoms. The van der Waals surface area contributed by atoms with Crippen LogP contribution in [0.4, 0.5) is 0 Å². The predicted molar refractivity (Wildman–Crippen MR) is 199 cm³/mol. The monoisotopic (exact) mass is 772 g/mol. The molecule has 1 saturated heterocycles.